The van der Waals surface area contributed by atoms with E-state index in [0.29, 0.717) is 0 Å². The van der Waals surface area contributed by atoms with Gasteiger partial charge in [0.1, 0.15) is 0 Å². The molecule has 0 heterocycles. The van der Waals surface area contributed by atoms with Gasteiger partial charge < -0.3 is 37.2 Å². The summed E-state index contributed by atoms with van der Waals surface area (Å²) in [5.74, 6) is 2.75. The fourth-order valence-electron chi connectivity index (χ4n) is 6.74. The third-order valence-corrected chi connectivity index (χ3v) is 18.0. The number of allylic oxidation sites excluding steroid dienone is 4. The maximum Gasteiger partial charge on any atom is -1.00 e. The van der Waals surface area contributed by atoms with Crippen LogP contribution >= 0.6 is 0 Å². The summed E-state index contributed by atoms with van der Waals surface area (Å²) in [5.41, 5.74) is 9.23. The minimum absolute atomic E-state index is 0. The second kappa shape index (κ2) is 14.2. The topological polar surface area (TPSA) is 27.7 Å². The number of benzene rings is 3. The Labute approximate surface area is 277 Å². The van der Waals surface area contributed by atoms with Crippen molar-refractivity contribution in [3.05, 3.63) is 93.6 Å². The van der Waals surface area contributed by atoms with Gasteiger partial charge in [0.05, 0.1) is 0 Å². The average molecular weight is 666 g/mol. The van der Waals surface area contributed by atoms with Gasteiger partial charge in [0.25, 0.3) is 0 Å². The van der Waals surface area contributed by atoms with Gasteiger partial charge in [-0.25, -0.2) is 0 Å². The predicted molar refractivity (Wildman–Crippen MR) is 157 cm³/mol. The molecule has 3 nitrogen and oxygen atoms in total. The number of hydrogen-bond acceptors (Lipinski definition) is 3. The molecule has 0 radical (unpaired) electrons. The van der Waals surface area contributed by atoms with Crippen LogP contribution < -0.4 is 67.0 Å². The first-order valence-corrected chi connectivity index (χ1v) is 15.8. The quantitative estimate of drug-likeness (QED) is 0.200. The minimum atomic E-state index is -2.96. The minimum Gasteiger partial charge on any atom is -1.00 e. The van der Waals surface area contributed by atoms with E-state index in [-0.39, 0.29) is 40.6 Å². The van der Waals surface area contributed by atoms with Gasteiger partial charge in [-0.05, 0) is 0 Å². The van der Waals surface area contributed by atoms with Gasteiger partial charge in [0.15, 0.2) is 0 Å². The first kappa shape index (κ1) is 37.4. The maximum absolute atomic E-state index is 5.94. The first-order chi connectivity index (χ1) is 18.0. The zero-order valence-electron chi connectivity index (χ0n) is 25.6. The van der Waals surface area contributed by atoms with Crippen LogP contribution in [-0.4, -0.2) is 29.4 Å². The van der Waals surface area contributed by atoms with Crippen LogP contribution in [0, 0.1) is 20.8 Å². The molecule has 0 aliphatic heterocycles. The molecule has 0 unspecified atom stereocenters. The number of methoxy groups -OCH3 is 3. The zero-order chi connectivity index (χ0) is 28.0. The molecule has 0 bridgehead atoms. The smallest absolute Gasteiger partial charge is 1.00 e. The Bertz CT molecular complexity index is 1330. The fourth-order valence-corrected chi connectivity index (χ4v) is 15.9. The summed E-state index contributed by atoms with van der Waals surface area (Å²) in [6.45, 7) is 15.9. The summed E-state index contributed by atoms with van der Waals surface area (Å²) < 4.78 is 17.6. The molecule has 0 fully saturated rings. The van der Waals surface area contributed by atoms with Crippen molar-refractivity contribution in [2.75, 3.05) is 21.3 Å². The van der Waals surface area contributed by atoms with Crippen LogP contribution in [0.5, 0.6) is 17.2 Å². The van der Waals surface area contributed by atoms with E-state index in [0.717, 1.165) is 17.2 Å². The monoisotopic (exact) mass is 664 g/mol. The molecular weight excluding hydrogens is 627 g/mol. The largest absolute Gasteiger partial charge is 1.00 e. The molecule has 0 saturated heterocycles. The van der Waals surface area contributed by atoms with E-state index in [2.05, 4.69) is 123 Å². The zero-order valence-corrected chi connectivity index (χ0v) is 30.4. The molecule has 0 atom stereocenters. The summed E-state index contributed by atoms with van der Waals surface area (Å²) in [6, 6.07) is 19.7. The van der Waals surface area contributed by atoms with Gasteiger partial charge in [-0.3, -0.25) is 0 Å². The van der Waals surface area contributed by atoms with Gasteiger partial charge in [0.2, 0.25) is 0 Å². The SMILES string of the molecule is COc1cccc([Si](c2cccc(OC)c2C)(c2cccc(OC)c2C)[C]2([Ti+3])C(C)=C(C)C(C)=C2C)c1C.[Cl-].[Cl-].[Cl-]. The Kier molecular flexibility index (Phi) is 12.9. The molecule has 0 N–H and O–H groups in total. The van der Waals surface area contributed by atoms with Crippen molar-refractivity contribution in [1.29, 1.82) is 0 Å². The average Bonchev–Trinajstić information content (AvgIpc) is 3.07. The molecule has 8 heteroatoms. The third kappa shape index (κ3) is 5.34. The van der Waals surface area contributed by atoms with E-state index in [4.69, 9.17) is 14.2 Å². The van der Waals surface area contributed by atoms with Gasteiger partial charge >= 0.3 is 242 Å². The molecule has 41 heavy (non-hydrogen) atoms. The summed E-state index contributed by atoms with van der Waals surface area (Å²) in [7, 11) is 2.35. The number of halogens is 3. The molecule has 0 spiro atoms. The van der Waals surface area contributed by atoms with Crippen molar-refractivity contribution >= 4 is 23.6 Å². The van der Waals surface area contributed by atoms with E-state index in [1.54, 1.807) is 21.3 Å². The summed E-state index contributed by atoms with van der Waals surface area (Å²) >= 11 is 2.49. The van der Waals surface area contributed by atoms with Crippen LogP contribution in [0.25, 0.3) is 0 Å². The Morgan fingerprint density at radius 3 is 1.02 bits per heavy atom. The molecule has 3 aromatic carbocycles. The van der Waals surface area contributed by atoms with Crippen molar-refractivity contribution in [1.82, 2.24) is 0 Å². The molecule has 3 aromatic rings. The van der Waals surface area contributed by atoms with Crippen LogP contribution in [0.2, 0.25) is 3.34 Å². The van der Waals surface area contributed by atoms with Crippen LogP contribution in [-0.2, 0) is 20.4 Å². The van der Waals surface area contributed by atoms with Crippen molar-refractivity contribution < 1.29 is 71.9 Å². The Hall–Kier alpha value is -1.66. The van der Waals surface area contributed by atoms with Gasteiger partial charge in [-0.2, -0.15) is 0 Å². The van der Waals surface area contributed by atoms with E-state index < -0.39 is 8.07 Å². The summed E-state index contributed by atoms with van der Waals surface area (Å²) in [6.07, 6.45) is 0. The van der Waals surface area contributed by atoms with E-state index in [9.17, 15) is 0 Å². The number of hydrogen-bond donors (Lipinski definition) is 0. The summed E-state index contributed by atoms with van der Waals surface area (Å²) in [4.78, 5) is 0. The molecule has 218 valence electrons. The van der Waals surface area contributed by atoms with Crippen LogP contribution in [0.1, 0.15) is 44.4 Å². The molecule has 1 aliphatic rings. The van der Waals surface area contributed by atoms with E-state index >= 15 is 0 Å². The van der Waals surface area contributed by atoms with Gasteiger partial charge in [-0.1, -0.05) is 0 Å². The van der Waals surface area contributed by atoms with Crippen molar-refractivity contribution in [2.45, 2.75) is 51.8 Å². The molecule has 1 aliphatic carbocycles. The van der Waals surface area contributed by atoms with Crippen LogP contribution in [0.4, 0.5) is 0 Å². The third-order valence-electron chi connectivity index (χ3n) is 9.10. The van der Waals surface area contributed by atoms with Gasteiger partial charge in [0, 0.05) is 0 Å². The Morgan fingerprint density at radius 2 is 0.780 bits per heavy atom. The maximum atomic E-state index is 5.94. The Morgan fingerprint density at radius 1 is 0.512 bits per heavy atom. The number of rotatable bonds is 7. The van der Waals surface area contributed by atoms with Gasteiger partial charge in [-0.15, -0.1) is 0 Å². The number of ether oxygens (including phenoxy) is 3. The molecule has 0 aromatic heterocycles. The second-order valence-corrected chi connectivity index (χ2v) is 16.2. The molecule has 4 rings (SSSR count). The fraction of sp³-hybridized carbons (Fsp3) is 0.333. The van der Waals surface area contributed by atoms with Crippen LogP contribution in [0.3, 0.4) is 0 Å². The molecule has 0 amide bonds. The standard InChI is InChI=1S/C33H39O3Si.3ClH.Ti/c1-20-21(2)23(4)33(22(20)3)37(30-17-11-14-27(34-8)24(30)5,31-18-12-15-28(35-9)25(31)6)32-19-13-16-29(36-10)26(32)7;;;;/h11-19H,1-10H3;3*1H;/q;;;;+3/p-3. The van der Waals surface area contributed by atoms with E-state index in [1.807, 2.05) is 0 Å². The molecule has 0 saturated carbocycles. The van der Waals surface area contributed by atoms with Crippen molar-refractivity contribution in [3.8, 4) is 17.2 Å². The van der Waals surface area contributed by atoms with E-state index in [1.165, 1.54) is 54.5 Å². The van der Waals surface area contributed by atoms with Crippen LogP contribution in [0.15, 0.2) is 76.9 Å². The summed E-state index contributed by atoms with van der Waals surface area (Å²) in [5, 5.41) is 4.06. The van der Waals surface area contributed by atoms with Crippen molar-refractivity contribution in [3.63, 3.8) is 0 Å². The molecular formula is C33H39Cl3O3SiTi. The Balaban J connectivity index is 0.00000280. The van der Waals surface area contributed by atoms with Crippen molar-refractivity contribution in [2.24, 2.45) is 0 Å². The second-order valence-electron chi connectivity index (χ2n) is 10.4. The predicted octanol–water partition coefficient (Wildman–Crippen LogP) is -2.95. The first-order valence-electron chi connectivity index (χ1n) is 13.1. The normalized spacial score (nSPS) is 14.1.